The number of fused-ring (bicyclic) bond motifs is 2. The molecule has 7 nitrogen and oxygen atoms in total. The van der Waals surface area contributed by atoms with Crippen molar-refractivity contribution in [3.63, 3.8) is 0 Å². The molecule has 1 atom stereocenters. The SMILES string of the molecule is CC(=O)N1CC(C)Sc2cc(S(=O)(=O)NCc3ccc4c(c3)OCO4)ccc21. The molecule has 0 aromatic heterocycles. The minimum absolute atomic E-state index is 0.0510. The molecule has 0 saturated carbocycles. The summed E-state index contributed by atoms with van der Waals surface area (Å²) in [7, 11) is -3.70. The van der Waals surface area contributed by atoms with E-state index < -0.39 is 10.0 Å². The highest BCUT2D eigenvalue weighted by molar-refractivity contribution is 8.00. The Labute approximate surface area is 168 Å². The summed E-state index contributed by atoms with van der Waals surface area (Å²) in [5.41, 5.74) is 1.53. The maximum atomic E-state index is 12.8. The maximum Gasteiger partial charge on any atom is 0.240 e. The van der Waals surface area contributed by atoms with Gasteiger partial charge in [-0.1, -0.05) is 13.0 Å². The van der Waals surface area contributed by atoms with Crippen LogP contribution in [0, 0.1) is 0 Å². The summed E-state index contributed by atoms with van der Waals surface area (Å²) >= 11 is 1.57. The molecule has 2 aromatic rings. The van der Waals surface area contributed by atoms with Gasteiger partial charge < -0.3 is 14.4 Å². The number of hydrogen-bond acceptors (Lipinski definition) is 6. The maximum absolute atomic E-state index is 12.8. The fourth-order valence-corrected chi connectivity index (χ4v) is 5.47. The summed E-state index contributed by atoms with van der Waals surface area (Å²) < 4.78 is 38.7. The molecule has 1 N–H and O–H groups in total. The number of nitrogens with one attached hydrogen (secondary N) is 1. The van der Waals surface area contributed by atoms with Gasteiger partial charge in [-0.25, -0.2) is 13.1 Å². The molecule has 2 aliphatic heterocycles. The second kappa shape index (κ2) is 7.31. The first-order valence-corrected chi connectivity index (χ1v) is 11.2. The van der Waals surface area contributed by atoms with Gasteiger partial charge in [0.2, 0.25) is 22.7 Å². The van der Waals surface area contributed by atoms with E-state index in [1.807, 2.05) is 6.92 Å². The van der Waals surface area contributed by atoms with Crippen LogP contribution in [0.2, 0.25) is 0 Å². The summed E-state index contributed by atoms with van der Waals surface area (Å²) in [4.78, 5) is 14.6. The van der Waals surface area contributed by atoms with Crippen molar-refractivity contribution in [2.75, 3.05) is 18.2 Å². The highest BCUT2D eigenvalue weighted by Crippen LogP contribution is 2.39. The van der Waals surface area contributed by atoms with Gasteiger partial charge in [0.05, 0.1) is 10.6 Å². The molecule has 2 heterocycles. The van der Waals surface area contributed by atoms with Gasteiger partial charge >= 0.3 is 0 Å². The standard InChI is InChI=1S/C19H20N2O5S2/c1-12-10-21(13(2)22)16-5-4-15(8-19(16)27-12)28(23,24)20-9-14-3-6-17-18(7-14)26-11-25-17/h3-8,12,20H,9-11H2,1-2H3. The van der Waals surface area contributed by atoms with E-state index in [0.717, 1.165) is 16.1 Å². The Balaban J connectivity index is 1.54. The molecule has 2 aliphatic rings. The summed E-state index contributed by atoms with van der Waals surface area (Å²) in [6.45, 7) is 4.46. The number of carbonyl (C=O) groups is 1. The predicted molar refractivity (Wildman–Crippen MR) is 106 cm³/mol. The second-order valence-corrected chi connectivity index (χ2v) is 9.95. The van der Waals surface area contributed by atoms with Crippen molar-refractivity contribution in [3.05, 3.63) is 42.0 Å². The second-order valence-electron chi connectivity index (χ2n) is 6.70. The lowest BCUT2D eigenvalue weighted by Gasteiger charge is -2.32. The van der Waals surface area contributed by atoms with Crippen molar-refractivity contribution in [3.8, 4) is 11.5 Å². The molecule has 2 aromatic carbocycles. The number of nitrogens with zero attached hydrogens (tertiary/aromatic N) is 1. The number of thioether (sulfide) groups is 1. The lowest BCUT2D eigenvalue weighted by Crippen LogP contribution is -2.37. The van der Waals surface area contributed by atoms with Gasteiger partial charge in [-0.05, 0) is 35.9 Å². The van der Waals surface area contributed by atoms with Crippen molar-refractivity contribution < 1.29 is 22.7 Å². The third-order valence-corrected chi connectivity index (χ3v) is 7.11. The van der Waals surface area contributed by atoms with E-state index in [4.69, 9.17) is 9.47 Å². The van der Waals surface area contributed by atoms with Gasteiger partial charge in [0.1, 0.15) is 0 Å². The number of amides is 1. The van der Waals surface area contributed by atoms with Gasteiger partial charge in [-0.2, -0.15) is 0 Å². The Morgan fingerprint density at radius 3 is 2.79 bits per heavy atom. The van der Waals surface area contributed by atoms with Gasteiger partial charge in [0.15, 0.2) is 11.5 Å². The van der Waals surface area contributed by atoms with Crippen molar-refractivity contribution in [2.24, 2.45) is 0 Å². The summed E-state index contributed by atoms with van der Waals surface area (Å²) in [6, 6.07) is 10.2. The van der Waals surface area contributed by atoms with Gasteiger partial charge in [-0.3, -0.25) is 4.79 Å². The molecule has 0 bridgehead atoms. The number of anilines is 1. The van der Waals surface area contributed by atoms with E-state index in [9.17, 15) is 13.2 Å². The van der Waals surface area contributed by atoms with Crippen LogP contribution in [0.4, 0.5) is 5.69 Å². The Bertz CT molecular complexity index is 1040. The summed E-state index contributed by atoms with van der Waals surface area (Å²) in [5.74, 6) is 1.22. The summed E-state index contributed by atoms with van der Waals surface area (Å²) in [5, 5.41) is 0.191. The smallest absolute Gasteiger partial charge is 0.240 e. The van der Waals surface area contributed by atoms with Crippen LogP contribution in [-0.2, 0) is 21.4 Å². The third kappa shape index (κ3) is 3.69. The molecule has 1 unspecified atom stereocenters. The zero-order valence-electron chi connectivity index (χ0n) is 15.5. The normalized spacial score (nSPS) is 18.1. The minimum atomic E-state index is -3.70. The highest BCUT2D eigenvalue weighted by atomic mass is 32.2. The van der Waals surface area contributed by atoms with Gasteiger partial charge in [-0.15, -0.1) is 11.8 Å². The molecule has 0 radical (unpaired) electrons. The van der Waals surface area contributed by atoms with E-state index in [-0.39, 0.29) is 29.4 Å². The third-order valence-electron chi connectivity index (χ3n) is 4.58. The molecular weight excluding hydrogens is 400 g/mol. The van der Waals surface area contributed by atoms with Crippen LogP contribution < -0.4 is 19.1 Å². The van der Waals surface area contributed by atoms with Crippen LogP contribution >= 0.6 is 11.8 Å². The molecule has 0 aliphatic carbocycles. The van der Waals surface area contributed by atoms with Crippen molar-refractivity contribution in [1.82, 2.24) is 4.72 Å². The van der Waals surface area contributed by atoms with Crippen LogP contribution in [-0.4, -0.2) is 32.9 Å². The first-order chi connectivity index (χ1) is 13.3. The molecule has 0 spiro atoms. The van der Waals surface area contributed by atoms with Gasteiger partial charge in [0, 0.05) is 30.2 Å². The van der Waals surface area contributed by atoms with Crippen molar-refractivity contribution >= 4 is 33.4 Å². The fourth-order valence-electron chi connectivity index (χ4n) is 3.20. The van der Waals surface area contributed by atoms with E-state index in [2.05, 4.69) is 4.72 Å². The number of sulfonamides is 1. The number of carbonyl (C=O) groups excluding carboxylic acids is 1. The van der Waals surface area contributed by atoms with Crippen LogP contribution in [0.1, 0.15) is 19.4 Å². The minimum Gasteiger partial charge on any atom is -0.454 e. The number of hydrogen-bond donors (Lipinski definition) is 1. The van der Waals surface area contributed by atoms with Crippen molar-refractivity contribution in [1.29, 1.82) is 0 Å². The Morgan fingerprint density at radius 1 is 1.21 bits per heavy atom. The van der Waals surface area contributed by atoms with Crippen LogP contribution in [0.5, 0.6) is 11.5 Å². The van der Waals surface area contributed by atoms with E-state index in [1.165, 1.54) is 13.0 Å². The van der Waals surface area contributed by atoms with Crippen LogP contribution in [0.3, 0.4) is 0 Å². The Kier molecular flexibility index (Phi) is 4.98. The largest absolute Gasteiger partial charge is 0.454 e. The lowest BCUT2D eigenvalue weighted by atomic mass is 10.2. The van der Waals surface area contributed by atoms with Gasteiger partial charge in [0.25, 0.3) is 0 Å². The number of rotatable bonds is 4. The van der Waals surface area contributed by atoms with Crippen LogP contribution in [0.25, 0.3) is 0 Å². The van der Waals surface area contributed by atoms with E-state index >= 15 is 0 Å². The zero-order valence-corrected chi connectivity index (χ0v) is 17.1. The first kappa shape index (κ1) is 19.1. The number of ether oxygens (including phenoxy) is 2. The number of benzene rings is 2. The monoisotopic (exact) mass is 420 g/mol. The Hall–Kier alpha value is -2.23. The lowest BCUT2D eigenvalue weighted by molar-refractivity contribution is -0.116. The zero-order chi connectivity index (χ0) is 19.9. The topological polar surface area (TPSA) is 84.9 Å². The van der Waals surface area contributed by atoms with Crippen LogP contribution in [0.15, 0.2) is 46.2 Å². The van der Waals surface area contributed by atoms with E-state index in [0.29, 0.717) is 18.0 Å². The predicted octanol–water partition coefficient (Wildman–Crippen LogP) is 2.74. The highest BCUT2D eigenvalue weighted by Gasteiger charge is 2.27. The Morgan fingerprint density at radius 2 is 2.00 bits per heavy atom. The molecule has 1 amide bonds. The molecule has 0 saturated heterocycles. The molecule has 0 fully saturated rings. The molecule has 9 heteroatoms. The van der Waals surface area contributed by atoms with E-state index in [1.54, 1.807) is 47.0 Å². The van der Waals surface area contributed by atoms with Crippen molar-refractivity contribution in [2.45, 2.75) is 35.4 Å². The average Bonchev–Trinajstić information content (AvgIpc) is 3.13. The molecule has 4 rings (SSSR count). The quantitative estimate of drug-likeness (QED) is 0.819. The first-order valence-electron chi connectivity index (χ1n) is 8.80. The molecular formula is C19H20N2O5S2. The summed E-state index contributed by atoms with van der Waals surface area (Å²) in [6.07, 6.45) is 0. The fraction of sp³-hybridized carbons (Fsp3) is 0.316. The molecule has 148 valence electrons. The average molecular weight is 421 g/mol. The molecule has 28 heavy (non-hydrogen) atoms.